The predicted octanol–water partition coefficient (Wildman–Crippen LogP) is 5.29. The lowest BCUT2D eigenvalue weighted by Crippen LogP contribution is -2.43. The third kappa shape index (κ3) is 2.47. The van der Waals surface area contributed by atoms with Crippen LogP contribution in [0.3, 0.4) is 0 Å². The Morgan fingerprint density at radius 2 is 1.44 bits per heavy atom. The van der Waals surface area contributed by atoms with Gasteiger partial charge < -0.3 is 9.30 Å². The van der Waals surface area contributed by atoms with Crippen molar-refractivity contribution in [2.45, 2.75) is 12.0 Å². The fourth-order valence-corrected chi connectivity index (χ4v) is 4.06. The van der Waals surface area contributed by atoms with Crippen molar-refractivity contribution in [3.05, 3.63) is 97.1 Å². The van der Waals surface area contributed by atoms with Gasteiger partial charge >= 0.3 is 5.97 Å². The summed E-state index contributed by atoms with van der Waals surface area (Å²) in [5.41, 5.74) is 1.84. The van der Waals surface area contributed by atoms with Crippen molar-refractivity contribution in [2.24, 2.45) is 0 Å². The summed E-state index contributed by atoms with van der Waals surface area (Å²) in [4.78, 5) is 13.3. The van der Waals surface area contributed by atoms with Crippen LogP contribution in [0.5, 0.6) is 0 Å². The number of fused-ring (bicyclic) bond motifs is 3. The molecule has 0 saturated carbocycles. The van der Waals surface area contributed by atoms with E-state index in [9.17, 15) is 4.79 Å². The number of carbonyl (C=O) groups is 1. The summed E-state index contributed by atoms with van der Waals surface area (Å²) < 4.78 is 7.45. The molecule has 1 heterocycles. The van der Waals surface area contributed by atoms with Gasteiger partial charge in [-0.1, -0.05) is 72.8 Å². The van der Waals surface area contributed by atoms with E-state index in [1.54, 1.807) is 6.08 Å². The van der Waals surface area contributed by atoms with Gasteiger partial charge in [-0.2, -0.15) is 0 Å². The maximum Gasteiger partial charge on any atom is 0.337 e. The maximum absolute atomic E-state index is 13.3. The molecule has 0 aliphatic rings. The first-order valence-corrected chi connectivity index (χ1v) is 8.97. The number of carbonyl (C=O) groups excluding carboxylic acids is 1. The van der Waals surface area contributed by atoms with E-state index >= 15 is 0 Å². The Kier molecular flexibility index (Phi) is 4.28. The summed E-state index contributed by atoms with van der Waals surface area (Å²) in [6, 6.07) is 26.1. The molecule has 0 saturated heterocycles. The summed E-state index contributed by atoms with van der Waals surface area (Å²) in [6.07, 6.45) is 2.21. The fraction of sp³-hybridized carbons (Fsp3) is 0.125. The molecule has 3 nitrogen and oxygen atoms in total. The van der Waals surface area contributed by atoms with E-state index in [2.05, 4.69) is 35.4 Å². The number of methoxy groups -OCH3 is 1. The smallest absolute Gasteiger partial charge is 0.337 e. The molecule has 0 aliphatic heterocycles. The first-order valence-electron chi connectivity index (χ1n) is 8.97. The van der Waals surface area contributed by atoms with E-state index in [0.717, 1.165) is 27.4 Å². The number of hydrogen-bond donors (Lipinski definition) is 0. The van der Waals surface area contributed by atoms with Gasteiger partial charge in [0.05, 0.1) is 18.1 Å². The molecule has 0 bridgehead atoms. The topological polar surface area (TPSA) is 31.2 Å². The molecule has 1 atom stereocenters. The Hall–Kier alpha value is -3.33. The number of ether oxygens (including phenoxy) is 1. The van der Waals surface area contributed by atoms with Crippen LogP contribution >= 0.6 is 0 Å². The summed E-state index contributed by atoms with van der Waals surface area (Å²) in [5.74, 6) is -0.305. The molecular formula is C24H21NO2. The minimum absolute atomic E-state index is 0.305. The minimum Gasteiger partial charge on any atom is -0.467 e. The van der Waals surface area contributed by atoms with Crippen LogP contribution in [0.1, 0.15) is 12.0 Å². The first-order chi connectivity index (χ1) is 13.2. The molecule has 3 aromatic carbocycles. The van der Waals surface area contributed by atoms with Crippen molar-refractivity contribution in [1.29, 1.82) is 0 Å². The van der Waals surface area contributed by atoms with Gasteiger partial charge in [0.15, 0.2) is 5.54 Å². The van der Waals surface area contributed by atoms with Crippen LogP contribution in [0.25, 0.3) is 21.8 Å². The first kappa shape index (κ1) is 17.1. The van der Waals surface area contributed by atoms with Gasteiger partial charge in [-0.15, -0.1) is 6.58 Å². The highest BCUT2D eigenvalue weighted by Gasteiger charge is 2.44. The molecule has 3 heteroatoms. The molecule has 4 aromatic rings. The lowest BCUT2D eigenvalue weighted by molar-refractivity contribution is -0.148. The molecule has 0 spiro atoms. The van der Waals surface area contributed by atoms with Crippen molar-refractivity contribution in [3.63, 3.8) is 0 Å². The average Bonchev–Trinajstić information content (AvgIpc) is 3.07. The lowest BCUT2D eigenvalue weighted by Gasteiger charge is -2.34. The third-order valence-corrected chi connectivity index (χ3v) is 5.18. The zero-order chi connectivity index (χ0) is 18.9. The molecule has 134 valence electrons. The highest BCUT2D eigenvalue weighted by Crippen LogP contribution is 2.40. The number of nitrogens with zero attached hydrogens (tertiary/aromatic N) is 1. The molecule has 0 radical (unpaired) electrons. The molecule has 0 aliphatic carbocycles. The molecule has 4 rings (SSSR count). The summed E-state index contributed by atoms with van der Waals surface area (Å²) in [7, 11) is 1.44. The van der Waals surface area contributed by atoms with Crippen LogP contribution in [0.2, 0.25) is 0 Å². The van der Waals surface area contributed by atoms with E-state index in [-0.39, 0.29) is 5.97 Å². The highest BCUT2D eigenvalue weighted by atomic mass is 16.5. The Labute approximate surface area is 158 Å². The summed E-state index contributed by atoms with van der Waals surface area (Å²) >= 11 is 0. The van der Waals surface area contributed by atoms with Crippen LogP contribution in [0, 0.1) is 0 Å². The van der Waals surface area contributed by atoms with E-state index in [4.69, 9.17) is 4.74 Å². The quantitative estimate of drug-likeness (QED) is 0.360. The molecule has 0 amide bonds. The number of aromatic nitrogens is 1. The Balaban J connectivity index is 2.21. The monoisotopic (exact) mass is 355 g/mol. The zero-order valence-corrected chi connectivity index (χ0v) is 15.3. The molecule has 0 fully saturated rings. The van der Waals surface area contributed by atoms with E-state index in [1.807, 2.05) is 54.6 Å². The van der Waals surface area contributed by atoms with Crippen molar-refractivity contribution in [3.8, 4) is 0 Å². The standard InChI is InChI=1S/C24H21NO2/c1-3-17-24(23(26)27-2,18-11-5-4-6-12-18)25-21-15-9-7-13-19(21)20-14-8-10-16-22(20)25/h3-16H,1,17H2,2H3/t24-/m1/s1. The van der Waals surface area contributed by atoms with Crippen LogP contribution in [-0.2, 0) is 15.1 Å². The lowest BCUT2D eigenvalue weighted by atomic mass is 9.85. The van der Waals surface area contributed by atoms with Crippen LogP contribution in [-0.4, -0.2) is 17.6 Å². The Bertz CT molecular complexity index is 1070. The number of para-hydroxylation sites is 2. The van der Waals surface area contributed by atoms with E-state index in [0.29, 0.717) is 6.42 Å². The van der Waals surface area contributed by atoms with Gasteiger partial charge in [0, 0.05) is 17.2 Å². The highest BCUT2D eigenvalue weighted by molar-refractivity contribution is 6.09. The number of benzene rings is 3. The molecule has 0 N–H and O–H groups in total. The van der Waals surface area contributed by atoms with Crippen LogP contribution < -0.4 is 0 Å². The van der Waals surface area contributed by atoms with Gasteiger partial charge in [-0.05, 0) is 17.7 Å². The summed E-state index contributed by atoms with van der Waals surface area (Å²) in [6.45, 7) is 3.94. The largest absolute Gasteiger partial charge is 0.467 e. The third-order valence-electron chi connectivity index (χ3n) is 5.18. The maximum atomic E-state index is 13.3. The number of allylic oxidation sites excluding steroid dienone is 1. The minimum atomic E-state index is -1.03. The molecular weight excluding hydrogens is 334 g/mol. The molecule has 27 heavy (non-hydrogen) atoms. The average molecular weight is 355 g/mol. The summed E-state index contributed by atoms with van der Waals surface area (Å²) in [5, 5.41) is 2.22. The second-order valence-corrected chi connectivity index (χ2v) is 6.58. The van der Waals surface area contributed by atoms with Gasteiger partial charge in [0.25, 0.3) is 0 Å². The van der Waals surface area contributed by atoms with Gasteiger partial charge in [0.1, 0.15) is 0 Å². The van der Waals surface area contributed by atoms with Gasteiger partial charge in [0.2, 0.25) is 0 Å². The van der Waals surface area contributed by atoms with Crippen LogP contribution in [0.15, 0.2) is 91.5 Å². The normalized spacial score (nSPS) is 13.4. The Morgan fingerprint density at radius 1 is 0.926 bits per heavy atom. The van der Waals surface area contributed by atoms with Crippen LogP contribution in [0.4, 0.5) is 0 Å². The van der Waals surface area contributed by atoms with Gasteiger partial charge in [-0.3, -0.25) is 0 Å². The van der Waals surface area contributed by atoms with Crippen molar-refractivity contribution < 1.29 is 9.53 Å². The molecule has 1 aromatic heterocycles. The number of hydrogen-bond acceptors (Lipinski definition) is 2. The number of esters is 1. The Morgan fingerprint density at radius 3 is 1.96 bits per heavy atom. The van der Waals surface area contributed by atoms with E-state index < -0.39 is 5.54 Å². The van der Waals surface area contributed by atoms with E-state index in [1.165, 1.54) is 7.11 Å². The number of rotatable bonds is 5. The van der Waals surface area contributed by atoms with Crippen molar-refractivity contribution in [2.75, 3.05) is 7.11 Å². The second kappa shape index (κ2) is 6.76. The molecule has 0 unspecified atom stereocenters. The second-order valence-electron chi connectivity index (χ2n) is 6.58. The predicted molar refractivity (Wildman–Crippen MR) is 110 cm³/mol. The van der Waals surface area contributed by atoms with Crippen molar-refractivity contribution in [1.82, 2.24) is 4.57 Å². The zero-order valence-electron chi connectivity index (χ0n) is 15.3. The van der Waals surface area contributed by atoms with Crippen molar-refractivity contribution >= 4 is 27.8 Å². The SMILES string of the molecule is C=CC[C@](C(=O)OC)(c1ccccc1)n1c2ccccc2c2ccccc21. The van der Waals surface area contributed by atoms with Gasteiger partial charge in [-0.25, -0.2) is 4.79 Å². The fourth-order valence-electron chi connectivity index (χ4n) is 4.06.